The van der Waals surface area contributed by atoms with Crippen molar-refractivity contribution in [1.29, 1.82) is 0 Å². The first kappa shape index (κ1) is 16.3. The van der Waals surface area contributed by atoms with Crippen molar-refractivity contribution in [2.24, 2.45) is 0 Å². The van der Waals surface area contributed by atoms with Crippen LogP contribution in [-0.4, -0.2) is 18.2 Å². The molecule has 0 aromatic heterocycles. The van der Waals surface area contributed by atoms with Gasteiger partial charge in [-0.2, -0.15) is 0 Å². The van der Waals surface area contributed by atoms with E-state index in [4.69, 9.17) is 4.74 Å². The maximum atomic E-state index is 13.3. The Hall–Kier alpha value is -3.20. The quantitative estimate of drug-likeness (QED) is 0.758. The Morgan fingerprint density at radius 1 is 0.731 bits per heavy atom. The van der Waals surface area contributed by atoms with Crippen LogP contribution in [0.1, 0.15) is 33.6 Å². The maximum absolute atomic E-state index is 13.3. The highest BCUT2D eigenvalue weighted by Gasteiger charge is 2.32. The van der Waals surface area contributed by atoms with Crippen LogP contribution in [0.3, 0.4) is 0 Å². The number of carbonyl (C=O) groups is 2. The second-order valence-corrected chi connectivity index (χ2v) is 6.30. The van der Waals surface area contributed by atoms with Crippen molar-refractivity contribution >= 4 is 11.6 Å². The number of hydrogen-bond donors (Lipinski definition) is 0. The van der Waals surface area contributed by atoms with Gasteiger partial charge in [0.1, 0.15) is 12.4 Å². The van der Waals surface area contributed by atoms with Gasteiger partial charge in [0.05, 0.1) is 0 Å². The van der Waals surface area contributed by atoms with Crippen LogP contribution in [0.15, 0.2) is 95.3 Å². The summed E-state index contributed by atoms with van der Waals surface area (Å²) in [7, 11) is 0. The molecule has 0 saturated heterocycles. The molecular weight excluding hydrogens is 324 g/mol. The van der Waals surface area contributed by atoms with Gasteiger partial charge in [-0.05, 0) is 18.9 Å². The van der Waals surface area contributed by atoms with Crippen molar-refractivity contribution in [3.8, 4) is 0 Å². The molecule has 0 fully saturated rings. The monoisotopic (exact) mass is 342 g/mol. The number of fused-ring (bicyclic) bond motifs is 1. The smallest absolute Gasteiger partial charge is 0.194 e. The number of carbonyl (C=O) groups excluding carboxylic acids is 2. The van der Waals surface area contributed by atoms with E-state index in [1.165, 1.54) is 0 Å². The molecule has 0 radical (unpaired) electrons. The number of ether oxygens (including phenoxy) is 1. The summed E-state index contributed by atoms with van der Waals surface area (Å²) in [4.78, 5) is 26.4. The maximum Gasteiger partial charge on any atom is 0.194 e. The van der Waals surface area contributed by atoms with E-state index < -0.39 is 0 Å². The average Bonchev–Trinajstić information content (AvgIpc) is 2.73. The van der Waals surface area contributed by atoms with Crippen molar-refractivity contribution in [3.63, 3.8) is 0 Å². The first-order valence-electron chi connectivity index (χ1n) is 8.72. The fraction of sp³-hybridized carbons (Fsp3) is 0.130. The summed E-state index contributed by atoms with van der Waals surface area (Å²) in [5.41, 5.74) is 2.79. The molecule has 0 bridgehead atoms. The average molecular weight is 342 g/mol. The zero-order valence-corrected chi connectivity index (χ0v) is 14.3. The van der Waals surface area contributed by atoms with Crippen LogP contribution in [0.2, 0.25) is 0 Å². The van der Waals surface area contributed by atoms with Crippen LogP contribution in [0.5, 0.6) is 0 Å². The molecule has 2 aromatic rings. The Kier molecular flexibility index (Phi) is 4.36. The zero-order valence-electron chi connectivity index (χ0n) is 14.3. The predicted molar refractivity (Wildman–Crippen MR) is 99.9 cm³/mol. The van der Waals surface area contributed by atoms with Crippen LogP contribution >= 0.6 is 0 Å². The Balaban J connectivity index is 1.87. The summed E-state index contributed by atoms with van der Waals surface area (Å²) in [5, 5.41) is 0. The molecule has 128 valence electrons. The van der Waals surface area contributed by atoms with Crippen molar-refractivity contribution in [1.82, 2.24) is 0 Å². The lowest BCUT2D eigenvalue weighted by Gasteiger charge is -2.27. The number of allylic oxidation sites excluding steroid dienone is 3. The van der Waals surface area contributed by atoms with Gasteiger partial charge in [0, 0.05) is 27.8 Å². The van der Waals surface area contributed by atoms with Gasteiger partial charge in [0.2, 0.25) is 0 Å². The van der Waals surface area contributed by atoms with Crippen molar-refractivity contribution in [2.75, 3.05) is 6.61 Å². The molecule has 0 spiro atoms. The lowest BCUT2D eigenvalue weighted by atomic mass is 9.84. The van der Waals surface area contributed by atoms with Gasteiger partial charge in [0.25, 0.3) is 0 Å². The molecule has 2 aliphatic rings. The van der Waals surface area contributed by atoms with E-state index in [2.05, 4.69) is 0 Å². The Labute approximate surface area is 152 Å². The van der Waals surface area contributed by atoms with Crippen LogP contribution < -0.4 is 0 Å². The number of hydrogen-bond acceptors (Lipinski definition) is 3. The van der Waals surface area contributed by atoms with Crippen LogP contribution in [0.4, 0.5) is 0 Å². The van der Waals surface area contributed by atoms with E-state index in [0.29, 0.717) is 28.0 Å². The molecule has 3 nitrogen and oxygen atoms in total. The number of rotatable bonds is 4. The molecule has 4 rings (SSSR count). The minimum Gasteiger partial charge on any atom is -0.488 e. The minimum absolute atomic E-state index is 0.116. The van der Waals surface area contributed by atoms with Gasteiger partial charge >= 0.3 is 0 Å². The molecule has 0 N–H and O–H groups in total. The molecule has 0 saturated carbocycles. The zero-order chi connectivity index (χ0) is 17.9. The second kappa shape index (κ2) is 6.96. The first-order chi connectivity index (χ1) is 12.8. The molecule has 2 aromatic carbocycles. The summed E-state index contributed by atoms with van der Waals surface area (Å²) in [6.45, 7) is 0.116. The summed E-state index contributed by atoms with van der Waals surface area (Å²) >= 11 is 0. The van der Waals surface area contributed by atoms with Crippen molar-refractivity contribution in [2.45, 2.75) is 12.8 Å². The minimum atomic E-state index is -0.157. The summed E-state index contributed by atoms with van der Waals surface area (Å²) in [6, 6.07) is 18.1. The molecule has 1 heterocycles. The molecule has 3 heteroatoms. The lowest BCUT2D eigenvalue weighted by molar-refractivity contribution is 0.0972. The number of ketones is 2. The Bertz CT molecular complexity index is 947. The van der Waals surface area contributed by atoms with Crippen LogP contribution in [-0.2, 0) is 4.74 Å². The van der Waals surface area contributed by atoms with E-state index in [1.54, 1.807) is 24.3 Å². The summed E-state index contributed by atoms with van der Waals surface area (Å²) in [6.07, 6.45) is 5.72. The summed E-state index contributed by atoms with van der Waals surface area (Å²) in [5.74, 6) is 0.419. The van der Waals surface area contributed by atoms with E-state index in [-0.39, 0.29) is 18.2 Å². The molecule has 1 aliphatic carbocycles. The van der Waals surface area contributed by atoms with Crippen molar-refractivity contribution in [3.05, 3.63) is 106 Å². The number of Topliss-reactive ketones (excluding diaryl/α,β-unsaturated/α-hetero) is 2. The first-order valence-corrected chi connectivity index (χ1v) is 8.72. The van der Waals surface area contributed by atoms with Gasteiger partial charge in [0.15, 0.2) is 11.6 Å². The normalized spacial score (nSPS) is 16.2. The largest absolute Gasteiger partial charge is 0.488 e. The molecule has 0 unspecified atom stereocenters. The molecule has 1 aliphatic heterocycles. The topological polar surface area (TPSA) is 43.4 Å². The third-order valence-corrected chi connectivity index (χ3v) is 4.63. The Morgan fingerprint density at radius 3 is 1.96 bits per heavy atom. The highest BCUT2D eigenvalue weighted by Crippen LogP contribution is 2.36. The Morgan fingerprint density at radius 2 is 1.31 bits per heavy atom. The molecule has 0 amide bonds. The summed E-state index contributed by atoms with van der Waals surface area (Å²) < 4.78 is 5.82. The van der Waals surface area contributed by atoms with Crippen LogP contribution in [0.25, 0.3) is 0 Å². The van der Waals surface area contributed by atoms with Gasteiger partial charge in [-0.1, -0.05) is 66.7 Å². The standard InChI is InChI=1S/C23H18O3/c24-22(16-9-3-1-4-10-16)19-15-26-20-14-8-7-13-18(20)21(19)23(25)17-11-5-2-6-12-17/h1-6,9-14H,7-8,15H2. The number of benzene rings is 2. The van der Waals surface area contributed by atoms with Gasteiger partial charge in [-0.15, -0.1) is 0 Å². The predicted octanol–water partition coefficient (Wildman–Crippen LogP) is 4.68. The highest BCUT2D eigenvalue weighted by molar-refractivity contribution is 6.20. The lowest BCUT2D eigenvalue weighted by Crippen LogP contribution is -2.24. The van der Waals surface area contributed by atoms with E-state index in [1.807, 2.05) is 48.6 Å². The third kappa shape index (κ3) is 2.92. The van der Waals surface area contributed by atoms with E-state index in [0.717, 1.165) is 18.4 Å². The third-order valence-electron chi connectivity index (χ3n) is 4.63. The fourth-order valence-electron chi connectivity index (χ4n) is 3.34. The van der Waals surface area contributed by atoms with Crippen LogP contribution in [0, 0.1) is 0 Å². The molecule has 26 heavy (non-hydrogen) atoms. The second-order valence-electron chi connectivity index (χ2n) is 6.30. The van der Waals surface area contributed by atoms with Gasteiger partial charge in [-0.3, -0.25) is 9.59 Å². The molecule has 0 atom stereocenters. The fourth-order valence-corrected chi connectivity index (χ4v) is 3.34. The van der Waals surface area contributed by atoms with E-state index in [9.17, 15) is 9.59 Å². The highest BCUT2D eigenvalue weighted by atomic mass is 16.5. The van der Waals surface area contributed by atoms with Gasteiger partial charge in [-0.25, -0.2) is 0 Å². The van der Waals surface area contributed by atoms with E-state index >= 15 is 0 Å². The van der Waals surface area contributed by atoms with Crippen molar-refractivity contribution < 1.29 is 14.3 Å². The van der Waals surface area contributed by atoms with Gasteiger partial charge < -0.3 is 4.74 Å². The molecular formula is C23H18O3. The SMILES string of the molecule is O=C(C1=C(C(=O)c2ccccc2)C2=CCCC=C2OC1)c1ccccc1.